The molecule has 4 aromatic rings. The Kier molecular flexibility index (Phi) is 21.5. The van der Waals surface area contributed by atoms with Crippen molar-refractivity contribution in [2.75, 3.05) is 6.61 Å². The summed E-state index contributed by atoms with van der Waals surface area (Å²) >= 11 is 0. The maximum absolute atomic E-state index is 14.4. The van der Waals surface area contributed by atoms with Gasteiger partial charge in [-0.1, -0.05) is 186 Å². The zero-order chi connectivity index (χ0) is 46.2. The minimum Gasteiger partial charge on any atom is -0.454 e. The molecule has 5 heterocycles. The Hall–Kier alpha value is -5.04. The summed E-state index contributed by atoms with van der Waals surface area (Å²) in [5.41, 5.74) is 11.5. The van der Waals surface area contributed by atoms with Crippen LogP contribution in [0.1, 0.15) is 235 Å². The molecule has 0 unspecified atom stereocenters. The Morgan fingerprint density at radius 1 is 0.424 bits per heavy atom. The molecular weight excluding hydrogens is 813 g/mol. The second kappa shape index (κ2) is 28.2. The maximum atomic E-state index is 14.4. The number of hydrogen-bond donors (Lipinski definition) is 2. The second-order valence-electron chi connectivity index (χ2n) is 18.9. The van der Waals surface area contributed by atoms with E-state index in [0.29, 0.717) is 22.2 Å². The molecule has 2 N–H and O–H groups in total. The lowest BCUT2D eigenvalue weighted by atomic mass is 10.0. The van der Waals surface area contributed by atoms with E-state index < -0.39 is 5.97 Å². The monoisotopic (exact) mass is 893 g/mol. The molecule has 7 nitrogen and oxygen atoms in total. The fourth-order valence-electron chi connectivity index (χ4n) is 9.60. The van der Waals surface area contributed by atoms with Crippen molar-refractivity contribution in [2.24, 2.45) is 0 Å². The van der Waals surface area contributed by atoms with Gasteiger partial charge in [0.25, 0.3) is 0 Å². The second-order valence-corrected chi connectivity index (χ2v) is 18.9. The van der Waals surface area contributed by atoms with Crippen LogP contribution < -0.4 is 0 Å². The topological polar surface area (TPSA) is 101 Å². The number of ketones is 1. The highest BCUT2D eigenvalue weighted by molar-refractivity contribution is 6.06. The Labute approximate surface area is 396 Å². The van der Waals surface area contributed by atoms with Crippen LogP contribution in [0.4, 0.5) is 0 Å². The highest BCUT2D eigenvalue weighted by atomic mass is 16.5. The summed E-state index contributed by atoms with van der Waals surface area (Å²) in [5.74, 6) is -0.798. The Morgan fingerprint density at radius 3 is 1.18 bits per heavy atom. The first-order chi connectivity index (χ1) is 32.5. The number of nitrogens with zero attached hydrogens (tertiary/aromatic N) is 2. The molecule has 0 spiro atoms. The molecule has 0 aliphatic carbocycles. The average Bonchev–Trinajstić information content (AvgIpc) is 4.19. The van der Waals surface area contributed by atoms with Crippen LogP contribution in [0.15, 0.2) is 54.6 Å². The van der Waals surface area contributed by atoms with Crippen LogP contribution >= 0.6 is 0 Å². The highest BCUT2D eigenvalue weighted by Gasteiger charge is 2.20. The van der Waals surface area contributed by atoms with Crippen molar-refractivity contribution in [1.82, 2.24) is 19.9 Å². The number of rotatable bonds is 31. The normalized spacial score (nSPS) is 12.0. The SMILES string of the molecule is CCCCCCCCCCc1c2nc(c(CCCCCCCCCC)c3ccc([nH]3)c(C(=O)OCC(=O)c3ccccc3)c3ccc([nH]3)c(CCCCCCCCCC)c3nc1C=C3)C=C2. The van der Waals surface area contributed by atoms with E-state index in [9.17, 15) is 9.59 Å². The van der Waals surface area contributed by atoms with Crippen LogP contribution in [0.25, 0.3) is 46.4 Å². The van der Waals surface area contributed by atoms with E-state index in [0.717, 1.165) is 96.3 Å². The maximum Gasteiger partial charge on any atom is 0.342 e. The number of unbranched alkanes of at least 4 members (excludes halogenated alkanes) is 21. The Morgan fingerprint density at radius 2 is 0.773 bits per heavy atom. The molecule has 66 heavy (non-hydrogen) atoms. The number of H-pyrrole nitrogens is 2. The fraction of sp³-hybridized carbons (Fsp3) is 0.525. The van der Waals surface area contributed by atoms with E-state index in [2.05, 4.69) is 67.2 Å². The number of fused-ring (bicyclic) bond motifs is 8. The molecule has 0 saturated heterocycles. The summed E-state index contributed by atoms with van der Waals surface area (Å²) in [7, 11) is 0. The van der Waals surface area contributed by atoms with Crippen molar-refractivity contribution in [1.29, 1.82) is 0 Å². The molecule has 7 heteroatoms. The summed E-state index contributed by atoms with van der Waals surface area (Å²) < 4.78 is 5.86. The number of ether oxygens (including phenoxy) is 1. The molecular formula is C59H80N4O3. The van der Waals surface area contributed by atoms with Gasteiger partial charge in [0.1, 0.15) is 5.56 Å². The predicted molar refractivity (Wildman–Crippen MR) is 279 cm³/mol. The highest BCUT2D eigenvalue weighted by Crippen LogP contribution is 2.30. The van der Waals surface area contributed by atoms with E-state index in [-0.39, 0.29) is 12.4 Å². The molecule has 2 aliphatic heterocycles. The van der Waals surface area contributed by atoms with E-state index in [1.807, 2.05) is 30.3 Å². The minimum absolute atomic E-state index is 0.242. The first-order valence-electron chi connectivity index (χ1n) is 26.4. The summed E-state index contributed by atoms with van der Waals surface area (Å²) in [6.45, 7) is 6.47. The summed E-state index contributed by atoms with van der Waals surface area (Å²) in [6.07, 6.45) is 41.5. The van der Waals surface area contributed by atoms with Gasteiger partial charge in [-0.15, -0.1) is 0 Å². The van der Waals surface area contributed by atoms with Gasteiger partial charge < -0.3 is 14.7 Å². The molecule has 0 fully saturated rings. The first kappa shape index (κ1) is 50.4. The van der Waals surface area contributed by atoms with Crippen molar-refractivity contribution < 1.29 is 14.3 Å². The number of carbonyl (C=O) groups excluding carboxylic acids is 2. The minimum atomic E-state index is -0.556. The van der Waals surface area contributed by atoms with Crippen LogP contribution in [0, 0.1) is 0 Å². The van der Waals surface area contributed by atoms with Crippen LogP contribution in [0.5, 0.6) is 0 Å². The third-order valence-electron chi connectivity index (χ3n) is 13.6. The predicted octanol–water partition coefficient (Wildman–Crippen LogP) is 16.7. The van der Waals surface area contributed by atoms with Crippen molar-refractivity contribution in [2.45, 2.75) is 194 Å². The first-order valence-corrected chi connectivity index (χ1v) is 26.4. The molecule has 1 aromatic carbocycles. The van der Waals surface area contributed by atoms with Crippen molar-refractivity contribution in [3.63, 3.8) is 0 Å². The van der Waals surface area contributed by atoms with Crippen molar-refractivity contribution in [3.8, 4) is 0 Å². The molecule has 6 rings (SSSR count). The molecule has 3 aromatic heterocycles. The molecule has 0 amide bonds. The van der Waals surface area contributed by atoms with E-state index >= 15 is 0 Å². The lowest BCUT2D eigenvalue weighted by Gasteiger charge is -2.07. The largest absolute Gasteiger partial charge is 0.454 e. The number of esters is 1. The van der Waals surface area contributed by atoms with E-state index in [1.54, 1.807) is 12.1 Å². The lowest BCUT2D eigenvalue weighted by Crippen LogP contribution is -2.14. The lowest BCUT2D eigenvalue weighted by molar-refractivity contribution is 0.0478. The molecule has 8 bridgehead atoms. The molecule has 354 valence electrons. The van der Waals surface area contributed by atoms with Crippen LogP contribution in [-0.2, 0) is 24.0 Å². The number of hydrogen-bond acceptors (Lipinski definition) is 5. The Balaban J connectivity index is 1.42. The number of Topliss-reactive ketones (excluding diaryl/α,β-unsaturated/α-hetero) is 1. The average molecular weight is 893 g/mol. The smallest absolute Gasteiger partial charge is 0.342 e. The molecule has 0 saturated carbocycles. The van der Waals surface area contributed by atoms with Crippen LogP contribution in [-0.4, -0.2) is 38.3 Å². The number of aromatic amines is 2. The quantitative estimate of drug-likeness (QED) is 0.0257. The van der Waals surface area contributed by atoms with Crippen molar-refractivity contribution in [3.05, 3.63) is 105 Å². The third-order valence-corrected chi connectivity index (χ3v) is 13.6. The van der Waals surface area contributed by atoms with Gasteiger partial charge in [0.15, 0.2) is 12.4 Å². The third kappa shape index (κ3) is 15.3. The van der Waals surface area contributed by atoms with Crippen molar-refractivity contribution >= 4 is 58.1 Å². The molecule has 0 atom stereocenters. The molecule has 0 radical (unpaired) electrons. The number of nitrogens with one attached hydrogen (secondary N) is 2. The van der Waals surface area contributed by atoms with E-state index in [4.69, 9.17) is 14.7 Å². The Bertz CT molecular complexity index is 2230. The van der Waals surface area contributed by atoms with Gasteiger partial charge in [-0.2, -0.15) is 0 Å². The van der Waals surface area contributed by atoms with Crippen LogP contribution in [0.2, 0.25) is 0 Å². The van der Waals surface area contributed by atoms with Gasteiger partial charge in [-0.3, -0.25) is 4.79 Å². The fourth-order valence-corrected chi connectivity index (χ4v) is 9.60. The summed E-state index contributed by atoms with van der Waals surface area (Å²) in [6, 6.07) is 17.2. The number of carbonyl (C=O) groups is 2. The number of benzene rings is 1. The van der Waals surface area contributed by atoms with Gasteiger partial charge in [-0.25, -0.2) is 14.8 Å². The summed E-state index contributed by atoms with van der Waals surface area (Å²) in [4.78, 5) is 45.8. The zero-order valence-electron chi connectivity index (χ0n) is 40.9. The van der Waals surface area contributed by atoms with Crippen LogP contribution in [0.3, 0.4) is 0 Å². The summed E-state index contributed by atoms with van der Waals surface area (Å²) in [5, 5.41) is 0. The van der Waals surface area contributed by atoms with Gasteiger partial charge in [0.05, 0.1) is 33.8 Å². The number of aryl methyl sites for hydroxylation is 2. The standard InChI is InChI=1S/C59H80N4O3/c1-4-7-10-13-16-19-22-28-33-46-49-36-38-51(60-49)47(34-29-23-20-17-14-11-8-5-2)53-40-42-55(62-53)58(59(65)66-44-57(64)45-31-26-25-27-32-45)56-43-41-54(63-56)48(52-39-37-50(46)61-52)35-30-24-21-18-15-12-9-6-3/h25-27,31-32,36-43,62-63H,4-24,28-30,33-35,44H2,1-3H3. The van der Waals surface area contributed by atoms with E-state index in [1.165, 1.54) is 128 Å². The zero-order valence-corrected chi connectivity index (χ0v) is 40.9. The van der Waals surface area contributed by atoms with Gasteiger partial charge >= 0.3 is 5.97 Å². The van der Waals surface area contributed by atoms with Gasteiger partial charge in [0, 0.05) is 33.3 Å². The molecule has 2 aliphatic rings. The van der Waals surface area contributed by atoms with Gasteiger partial charge in [0.2, 0.25) is 0 Å². The van der Waals surface area contributed by atoms with Gasteiger partial charge in [-0.05, 0) is 87.1 Å². The number of aromatic nitrogens is 4.